The van der Waals surface area contributed by atoms with Gasteiger partial charge < -0.3 is 4.52 Å². The highest BCUT2D eigenvalue weighted by Crippen LogP contribution is 2.27. The molecule has 0 saturated carbocycles. The van der Waals surface area contributed by atoms with Gasteiger partial charge in [-0.15, -0.1) is 0 Å². The zero-order chi connectivity index (χ0) is 20.7. The van der Waals surface area contributed by atoms with Gasteiger partial charge in [0.25, 0.3) is 5.56 Å². The fraction of sp³-hybridized carbons (Fsp3) is 0.476. The van der Waals surface area contributed by atoms with Crippen LogP contribution >= 0.6 is 0 Å². The van der Waals surface area contributed by atoms with Crippen molar-refractivity contribution in [1.82, 2.24) is 19.2 Å². The van der Waals surface area contributed by atoms with Crippen LogP contribution in [-0.2, 0) is 35.2 Å². The van der Waals surface area contributed by atoms with Crippen LogP contribution in [0.15, 0.2) is 39.6 Å². The molecular weight excluding hydrogens is 404 g/mol. The van der Waals surface area contributed by atoms with Gasteiger partial charge in [0.05, 0.1) is 12.2 Å². The Morgan fingerprint density at radius 3 is 2.87 bits per heavy atom. The maximum absolute atomic E-state index is 13.2. The predicted octanol–water partition coefficient (Wildman–Crippen LogP) is 2.26. The van der Waals surface area contributed by atoms with E-state index in [2.05, 4.69) is 10.3 Å². The van der Waals surface area contributed by atoms with Gasteiger partial charge in [-0.25, -0.2) is 13.1 Å². The topological polar surface area (TPSA) is 98.3 Å². The van der Waals surface area contributed by atoms with Crippen molar-refractivity contribution in [3.8, 4) is 0 Å². The Kier molecular flexibility index (Phi) is 4.94. The molecule has 1 fully saturated rings. The molecule has 0 amide bonds. The lowest BCUT2D eigenvalue weighted by Crippen LogP contribution is -2.41. The Hall–Kier alpha value is -2.52. The number of para-hydroxylation sites is 1. The molecule has 1 aliphatic carbocycles. The molecule has 0 bridgehead atoms. The Labute approximate surface area is 174 Å². The lowest BCUT2D eigenvalue weighted by Gasteiger charge is -2.24. The molecule has 30 heavy (non-hydrogen) atoms. The summed E-state index contributed by atoms with van der Waals surface area (Å²) in [6.07, 6.45) is 5.42. The van der Waals surface area contributed by atoms with Gasteiger partial charge in [-0.1, -0.05) is 17.3 Å². The van der Waals surface area contributed by atoms with Gasteiger partial charge in [0.15, 0.2) is 5.58 Å². The molecule has 2 aliphatic rings. The van der Waals surface area contributed by atoms with E-state index >= 15 is 0 Å². The summed E-state index contributed by atoms with van der Waals surface area (Å²) >= 11 is 0. The highest BCUT2D eigenvalue weighted by atomic mass is 32.2. The average molecular weight is 429 g/mol. The van der Waals surface area contributed by atoms with Crippen LogP contribution < -0.4 is 5.56 Å². The maximum Gasteiger partial charge on any atom is 0.267 e. The van der Waals surface area contributed by atoms with E-state index in [0.29, 0.717) is 29.6 Å². The molecule has 1 unspecified atom stereocenters. The third-order valence-electron chi connectivity index (χ3n) is 6.11. The fourth-order valence-corrected chi connectivity index (χ4v) is 6.34. The van der Waals surface area contributed by atoms with Crippen molar-refractivity contribution in [2.75, 3.05) is 6.54 Å². The number of rotatable bonds is 5. The molecule has 0 N–H and O–H groups in total. The largest absolute Gasteiger partial charge is 0.356 e. The van der Waals surface area contributed by atoms with E-state index < -0.39 is 10.0 Å². The average Bonchev–Trinajstić information content (AvgIpc) is 3.36. The first kappa shape index (κ1) is 19.4. The predicted molar refractivity (Wildman–Crippen MR) is 111 cm³/mol. The summed E-state index contributed by atoms with van der Waals surface area (Å²) in [5, 5.41) is 9.25. The number of hydrogen-bond donors (Lipinski definition) is 0. The highest BCUT2D eigenvalue weighted by molar-refractivity contribution is 7.88. The standard InChI is InChI=1S/C21H24N4O4S/c26-21-12-15-6-1-3-9-18(15)22-24(21)13-16-7-5-11-25(16)30(27,28)14-19-17-8-2-4-10-20(17)29-23-19/h2,4,8,10,12,16H,1,3,5-7,9,11,13-14H2. The first-order chi connectivity index (χ1) is 14.5. The monoisotopic (exact) mass is 428 g/mol. The van der Waals surface area contributed by atoms with E-state index in [9.17, 15) is 13.2 Å². The number of sulfonamides is 1. The van der Waals surface area contributed by atoms with Gasteiger partial charge in [0.2, 0.25) is 10.0 Å². The Balaban J connectivity index is 1.39. The molecule has 5 rings (SSSR count). The molecule has 3 aromatic rings. The van der Waals surface area contributed by atoms with Crippen LogP contribution in [0.2, 0.25) is 0 Å². The van der Waals surface area contributed by atoms with Gasteiger partial charge in [0, 0.05) is 24.0 Å². The number of benzene rings is 1. The third-order valence-corrected chi connectivity index (χ3v) is 7.94. The minimum absolute atomic E-state index is 0.151. The number of aromatic nitrogens is 3. The van der Waals surface area contributed by atoms with Crippen molar-refractivity contribution in [2.45, 2.75) is 56.9 Å². The molecule has 1 aliphatic heterocycles. The van der Waals surface area contributed by atoms with Crippen molar-refractivity contribution >= 4 is 21.0 Å². The molecule has 0 radical (unpaired) electrons. The molecular formula is C21H24N4O4S. The molecule has 9 heteroatoms. The van der Waals surface area contributed by atoms with E-state index in [1.54, 1.807) is 12.1 Å². The minimum Gasteiger partial charge on any atom is -0.356 e. The van der Waals surface area contributed by atoms with Crippen LogP contribution in [0.25, 0.3) is 11.0 Å². The Morgan fingerprint density at radius 2 is 1.97 bits per heavy atom. The Bertz CT molecular complexity index is 1250. The summed E-state index contributed by atoms with van der Waals surface area (Å²) in [5.74, 6) is -0.215. The van der Waals surface area contributed by atoms with Gasteiger partial charge in [-0.3, -0.25) is 4.79 Å². The van der Waals surface area contributed by atoms with Crippen molar-refractivity contribution in [2.24, 2.45) is 0 Å². The third kappa shape index (κ3) is 3.56. The maximum atomic E-state index is 13.2. The van der Waals surface area contributed by atoms with Crippen LogP contribution in [-0.4, -0.2) is 40.2 Å². The van der Waals surface area contributed by atoms with Crippen LogP contribution in [0.5, 0.6) is 0 Å². The first-order valence-electron chi connectivity index (χ1n) is 10.4. The molecule has 158 valence electrons. The molecule has 1 saturated heterocycles. The summed E-state index contributed by atoms with van der Waals surface area (Å²) in [6, 6.07) is 8.64. The van der Waals surface area contributed by atoms with Gasteiger partial charge in [-0.05, 0) is 56.2 Å². The second-order valence-corrected chi connectivity index (χ2v) is 10.1. The fourth-order valence-electron chi connectivity index (χ4n) is 4.59. The Morgan fingerprint density at radius 1 is 1.13 bits per heavy atom. The minimum atomic E-state index is -3.61. The summed E-state index contributed by atoms with van der Waals surface area (Å²) in [7, 11) is -3.61. The lowest BCUT2D eigenvalue weighted by molar-refractivity contribution is 0.332. The second-order valence-electron chi connectivity index (χ2n) is 8.13. The van der Waals surface area contributed by atoms with Crippen molar-refractivity contribution in [3.05, 3.63) is 57.6 Å². The number of nitrogens with zero attached hydrogens (tertiary/aromatic N) is 4. The summed E-state index contributed by atoms with van der Waals surface area (Å²) in [4.78, 5) is 12.5. The molecule has 1 aromatic carbocycles. The molecule has 0 spiro atoms. The van der Waals surface area contributed by atoms with E-state index in [1.165, 1.54) is 8.99 Å². The molecule has 1 atom stereocenters. The number of hydrogen-bond acceptors (Lipinski definition) is 6. The first-order valence-corrected chi connectivity index (χ1v) is 12.0. The van der Waals surface area contributed by atoms with Crippen LogP contribution in [0.1, 0.15) is 42.6 Å². The summed E-state index contributed by atoms with van der Waals surface area (Å²) in [6.45, 7) is 0.730. The van der Waals surface area contributed by atoms with Crippen LogP contribution in [0.3, 0.4) is 0 Å². The second kappa shape index (κ2) is 7.63. The smallest absolute Gasteiger partial charge is 0.267 e. The van der Waals surface area contributed by atoms with Crippen LogP contribution in [0.4, 0.5) is 0 Å². The van der Waals surface area contributed by atoms with E-state index in [0.717, 1.165) is 43.4 Å². The quantitative estimate of drug-likeness (QED) is 0.618. The zero-order valence-electron chi connectivity index (χ0n) is 16.7. The van der Waals surface area contributed by atoms with Gasteiger partial charge >= 0.3 is 0 Å². The number of aryl methyl sites for hydroxylation is 2. The van der Waals surface area contributed by atoms with Crippen molar-refractivity contribution in [3.63, 3.8) is 0 Å². The SMILES string of the molecule is O=c1cc2c(nn1CC1CCCN1S(=O)(=O)Cc1noc3ccccc13)CCCC2. The highest BCUT2D eigenvalue weighted by Gasteiger charge is 2.36. The summed E-state index contributed by atoms with van der Waals surface area (Å²) < 4.78 is 34.6. The summed E-state index contributed by atoms with van der Waals surface area (Å²) in [5.41, 5.74) is 2.85. The van der Waals surface area contributed by atoms with Crippen molar-refractivity contribution < 1.29 is 12.9 Å². The van der Waals surface area contributed by atoms with Gasteiger partial charge in [0.1, 0.15) is 11.4 Å². The van der Waals surface area contributed by atoms with E-state index in [1.807, 2.05) is 18.2 Å². The molecule has 2 aromatic heterocycles. The lowest BCUT2D eigenvalue weighted by atomic mass is 9.97. The van der Waals surface area contributed by atoms with Crippen LogP contribution in [0, 0.1) is 0 Å². The molecule has 8 nitrogen and oxygen atoms in total. The van der Waals surface area contributed by atoms with Crippen molar-refractivity contribution in [1.29, 1.82) is 0 Å². The van der Waals surface area contributed by atoms with Gasteiger partial charge in [-0.2, -0.15) is 9.40 Å². The van der Waals surface area contributed by atoms with E-state index in [-0.39, 0.29) is 23.9 Å². The molecule has 3 heterocycles. The normalized spacial score (nSPS) is 19.9. The zero-order valence-corrected chi connectivity index (χ0v) is 17.5. The number of fused-ring (bicyclic) bond motifs is 2. The van der Waals surface area contributed by atoms with E-state index in [4.69, 9.17) is 4.52 Å².